The summed E-state index contributed by atoms with van der Waals surface area (Å²) in [5.74, 6) is 0.556. The maximum Gasteiger partial charge on any atom is 0.232 e. The molecule has 0 N–H and O–H groups in total. The van der Waals surface area contributed by atoms with Crippen molar-refractivity contribution in [3.63, 3.8) is 0 Å². The van der Waals surface area contributed by atoms with Gasteiger partial charge in [-0.1, -0.05) is 0 Å². The molecule has 72 valence electrons. The van der Waals surface area contributed by atoms with Gasteiger partial charge in [-0.2, -0.15) is 0 Å². The zero-order chi connectivity index (χ0) is 10.1. The average Bonchev–Trinajstić information content (AvgIpc) is 2.19. The van der Waals surface area contributed by atoms with Gasteiger partial charge in [-0.25, -0.2) is 9.97 Å². The van der Waals surface area contributed by atoms with Gasteiger partial charge in [0.1, 0.15) is 0 Å². The summed E-state index contributed by atoms with van der Waals surface area (Å²) in [7, 11) is 1.59. The Hall–Kier alpha value is -1.64. The summed E-state index contributed by atoms with van der Waals surface area (Å²) in [4.78, 5) is 8.58. The van der Waals surface area contributed by atoms with Gasteiger partial charge in [0.15, 0.2) is 0 Å². The number of nitrogens with zero attached hydrogens (tertiary/aromatic N) is 2. The van der Waals surface area contributed by atoms with Crippen molar-refractivity contribution in [2.45, 2.75) is 13.8 Å². The van der Waals surface area contributed by atoms with Crippen LogP contribution in [0.25, 0.3) is 11.0 Å². The highest BCUT2D eigenvalue weighted by Crippen LogP contribution is 2.17. The summed E-state index contributed by atoms with van der Waals surface area (Å²) in [6, 6.07) is 4.07. The van der Waals surface area contributed by atoms with Gasteiger partial charge in [-0.05, 0) is 37.1 Å². The van der Waals surface area contributed by atoms with Crippen LogP contribution in [0.4, 0.5) is 0 Å². The second kappa shape index (κ2) is 3.25. The molecule has 0 atom stereocenters. The first kappa shape index (κ1) is 8.94. The Morgan fingerprint density at radius 2 is 1.71 bits per heavy atom. The van der Waals surface area contributed by atoms with Crippen LogP contribution in [0.15, 0.2) is 18.3 Å². The van der Waals surface area contributed by atoms with Crippen molar-refractivity contribution < 1.29 is 4.74 Å². The highest BCUT2D eigenvalue weighted by Gasteiger charge is 2.01. The summed E-state index contributed by atoms with van der Waals surface area (Å²) < 4.78 is 5.02. The zero-order valence-electron chi connectivity index (χ0n) is 8.53. The van der Waals surface area contributed by atoms with Crippen LogP contribution in [0, 0.1) is 13.8 Å². The second-order valence-corrected chi connectivity index (χ2v) is 3.34. The quantitative estimate of drug-likeness (QED) is 0.688. The van der Waals surface area contributed by atoms with E-state index in [0.29, 0.717) is 5.88 Å². The summed E-state index contributed by atoms with van der Waals surface area (Å²) in [5.41, 5.74) is 4.25. The molecule has 0 radical (unpaired) electrons. The molecule has 0 aliphatic heterocycles. The van der Waals surface area contributed by atoms with E-state index in [1.807, 2.05) is 12.1 Å². The minimum atomic E-state index is 0.556. The summed E-state index contributed by atoms with van der Waals surface area (Å²) >= 11 is 0. The van der Waals surface area contributed by atoms with E-state index < -0.39 is 0 Å². The Morgan fingerprint density at radius 1 is 1.07 bits per heavy atom. The van der Waals surface area contributed by atoms with Crippen LogP contribution in [-0.4, -0.2) is 17.1 Å². The standard InChI is InChI=1S/C11H12N2O/c1-7-4-9-10(5-8(7)2)13-11(14-3)6-12-9/h4-6H,1-3H3. The van der Waals surface area contributed by atoms with E-state index in [9.17, 15) is 0 Å². The van der Waals surface area contributed by atoms with E-state index in [0.717, 1.165) is 11.0 Å². The van der Waals surface area contributed by atoms with Gasteiger partial charge in [-0.3, -0.25) is 0 Å². The highest BCUT2D eigenvalue weighted by atomic mass is 16.5. The van der Waals surface area contributed by atoms with Crippen molar-refractivity contribution in [3.8, 4) is 5.88 Å². The van der Waals surface area contributed by atoms with Crippen LogP contribution in [0.5, 0.6) is 5.88 Å². The van der Waals surface area contributed by atoms with Crippen LogP contribution >= 0.6 is 0 Å². The smallest absolute Gasteiger partial charge is 0.232 e. The Morgan fingerprint density at radius 3 is 2.36 bits per heavy atom. The maximum absolute atomic E-state index is 5.02. The number of fused-ring (bicyclic) bond motifs is 1. The molecule has 0 aliphatic carbocycles. The Balaban J connectivity index is 2.70. The lowest BCUT2D eigenvalue weighted by Crippen LogP contribution is -1.92. The maximum atomic E-state index is 5.02. The predicted octanol–water partition coefficient (Wildman–Crippen LogP) is 2.26. The average molecular weight is 188 g/mol. The lowest BCUT2D eigenvalue weighted by atomic mass is 10.1. The van der Waals surface area contributed by atoms with Gasteiger partial charge < -0.3 is 4.74 Å². The lowest BCUT2D eigenvalue weighted by molar-refractivity contribution is 0.397. The second-order valence-electron chi connectivity index (χ2n) is 3.34. The topological polar surface area (TPSA) is 35.0 Å². The van der Waals surface area contributed by atoms with Crippen molar-refractivity contribution in [2.75, 3.05) is 7.11 Å². The molecular weight excluding hydrogens is 176 g/mol. The molecule has 1 heterocycles. The molecule has 3 nitrogen and oxygen atoms in total. The summed E-state index contributed by atoms with van der Waals surface area (Å²) in [5, 5.41) is 0. The van der Waals surface area contributed by atoms with Crippen LogP contribution in [-0.2, 0) is 0 Å². The number of benzene rings is 1. The van der Waals surface area contributed by atoms with Crippen molar-refractivity contribution >= 4 is 11.0 Å². The number of aromatic nitrogens is 2. The first-order chi connectivity index (χ1) is 6.70. The Labute approximate surface area is 82.8 Å². The van der Waals surface area contributed by atoms with Crippen LogP contribution in [0.3, 0.4) is 0 Å². The third kappa shape index (κ3) is 1.41. The molecule has 0 fully saturated rings. The summed E-state index contributed by atoms with van der Waals surface area (Å²) in [6.45, 7) is 4.14. The first-order valence-corrected chi connectivity index (χ1v) is 4.48. The Bertz CT molecular complexity index is 480. The third-order valence-corrected chi connectivity index (χ3v) is 2.34. The molecule has 0 aliphatic rings. The minimum Gasteiger partial charge on any atom is -0.480 e. The van der Waals surface area contributed by atoms with Crippen molar-refractivity contribution in [1.29, 1.82) is 0 Å². The van der Waals surface area contributed by atoms with E-state index in [1.165, 1.54) is 11.1 Å². The number of hydrogen-bond acceptors (Lipinski definition) is 3. The molecule has 1 aromatic carbocycles. The molecule has 0 saturated carbocycles. The number of ether oxygens (including phenoxy) is 1. The van der Waals surface area contributed by atoms with Crippen molar-refractivity contribution in [1.82, 2.24) is 9.97 Å². The monoisotopic (exact) mass is 188 g/mol. The van der Waals surface area contributed by atoms with Crippen molar-refractivity contribution in [3.05, 3.63) is 29.5 Å². The van der Waals surface area contributed by atoms with Gasteiger partial charge in [0, 0.05) is 0 Å². The fraction of sp³-hybridized carbons (Fsp3) is 0.273. The molecule has 0 bridgehead atoms. The summed E-state index contributed by atoms with van der Waals surface area (Å²) in [6.07, 6.45) is 1.64. The molecule has 0 unspecified atom stereocenters. The van der Waals surface area contributed by atoms with E-state index in [1.54, 1.807) is 13.3 Å². The number of hydrogen-bond donors (Lipinski definition) is 0. The Kier molecular flexibility index (Phi) is 2.08. The van der Waals surface area contributed by atoms with E-state index >= 15 is 0 Å². The molecule has 0 amide bonds. The van der Waals surface area contributed by atoms with E-state index in [2.05, 4.69) is 23.8 Å². The fourth-order valence-corrected chi connectivity index (χ4v) is 1.35. The highest BCUT2D eigenvalue weighted by molar-refractivity contribution is 5.76. The third-order valence-electron chi connectivity index (χ3n) is 2.34. The SMILES string of the molecule is COc1cnc2cc(C)c(C)cc2n1. The molecule has 1 aromatic heterocycles. The minimum absolute atomic E-state index is 0.556. The first-order valence-electron chi connectivity index (χ1n) is 4.48. The molecular formula is C11H12N2O. The number of aryl methyl sites for hydroxylation is 2. The van der Waals surface area contributed by atoms with Gasteiger partial charge in [-0.15, -0.1) is 0 Å². The molecule has 0 spiro atoms. The molecule has 0 saturated heterocycles. The molecule has 14 heavy (non-hydrogen) atoms. The van der Waals surface area contributed by atoms with Gasteiger partial charge in [0.05, 0.1) is 24.3 Å². The fourth-order valence-electron chi connectivity index (χ4n) is 1.35. The zero-order valence-corrected chi connectivity index (χ0v) is 8.53. The van der Waals surface area contributed by atoms with Gasteiger partial charge >= 0.3 is 0 Å². The van der Waals surface area contributed by atoms with Crippen LogP contribution in [0.1, 0.15) is 11.1 Å². The normalized spacial score (nSPS) is 10.5. The number of methoxy groups -OCH3 is 1. The van der Waals surface area contributed by atoms with Gasteiger partial charge in [0.25, 0.3) is 0 Å². The lowest BCUT2D eigenvalue weighted by Gasteiger charge is -2.03. The number of rotatable bonds is 1. The molecule has 2 aromatic rings. The predicted molar refractivity (Wildman–Crippen MR) is 55.6 cm³/mol. The van der Waals surface area contributed by atoms with E-state index in [4.69, 9.17) is 4.74 Å². The molecule has 2 rings (SSSR count). The largest absolute Gasteiger partial charge is 0.480 e. The van der Waals surface area contributed by atoms with Crippen LogP contribution < -0.4 is 4.74 Å². The van der Waals surface area contributed by atoms with Crippen LogP contribution in [0.2, 0.25) is 0 Å². The van der Waals surface area contributed by atoms with Crippen molar-refractivity contribution in [2.24, 2.45) is 0 Å². The molecule has 3 heteroatoms. The van der Waals surface area contributed by atoms with E-state index in [-0.39, 0.29) is 0 Å². The van der Waals surface area contributed by atoms with Gasteiger partial charge in [0.2, 0.25) is 5.88 Å².